The van der Waals surface area contributed by atoms with Crippen molar-refractivity contribution in [1.82, 2.24) is 0 Å². The van der Waals surface area contributed by atoms with Crippen LogP contribution in [0.2, 0.25) is 0 Å². The minimum absolute atomic E-state index is 0.735. The lowest BCUT2D eigenvalue weighted by Crippen LogP contribution is -1.94. The van der Waals surface area contributed by atoms with Gasteiger partial charge < -0.3 is 9.15 Å². The Balaban J connectivity index is 2.44. The highest BCUT2D eigenvalue weighted by Gasteiger charge is 2.06. The van der Waals surface area contributed by atoms with Crippen LogP contribution in [0, 0.1) is 6.92 Å². The number of benzene rings is 1. The van der Waals surface area contributed by atoms with E-state index in [0.29, 0.717) is 0 Å². The van der Waals surface area contributed by atoms with Gasteiger partial charge in [-0.1, -0.05) is 19.1 Å². The van der Waals surface area contributed by atoms with Gasteiger partial charge in [-0.15, -0.1) is 0 Å². The van der Waals surface area contributed by atoms with Crippen LogP contribution in [0.1, 0.15) is 18.9 Å². The van der Waals surface area contributed by atoms with Gasteiger partial charge in [0, 0.05) is 5.39 Å². The quantitative estimate of drug-likeness (QED) is 0.738. The molecule has 2 aromatic rings. The third kappa shape index (κ3) is 1.48. The van der Waals surface area contributed by atoms with Gasteiger partial charge in [0.1, 0.15) is 0 Å². The van der Waals surface area contributed by atoms with Gasteiger partial charge in [0.2, 0.25) is 0 Å². The van der Waals surface area contributed by atoms with Crippen molar-refractivity contribution in [3.8, 4) is 5.75 Å². The van der Waals surface area contributed by atoms with Crippen LogP contribution >= 0.6 is 0 Å². The first-order valence-electron chi connectivity index (χ1n) is 4.92. The Morgan fingerprint density at radius 1 is 1.36 bits per heavy atom. The molecule has 1 heterocycles. The van der Waals surface area contributed by atoms with Crippen molar-refractivity contribution in [2.45, 2.75) is 20.3 Å². The third-order valence-electron chi connectivity index (χ3n) is 2.22. The van der Waals surface area contributed by atoms with E-state index in [4.69, 9.17) is 9.15 Å². The fourth-order valence-electron chi connectivity index (χ4n) is 1.48. The zero-order valence-electron chi connectivity index (χ0n) is 8.54. The second kappa shape index (κ2) is 3.74. The Morgan fingerprint density at radius 3 is 3.00 bits per heavy atom. The number of furan rings is 1. The minimum atomic E-state index is 0.735. The maximum atomic E-state index is 5.59. The van der Waals surface area contributed by atoms with Gasteiger partial charge in [0.25, 0.3) is 0 Å². The summed E-state index contributed by atoms with van der Waals surface area (Å²) in [6.07, 6.45) is 2.78. The average molecular weight is 190 g/mol. The van der Waals surface area contributed by atoms with Gasteiger partial charge in [0.05, 0.1) is 12.9 Å². The number of rotatable bonds is 3. The molecule has 2 nitrogen and oxygen atoms in total. The molecule has 0 saturated heterocycles. The molecule has 0 spiro atoms. The summed E-state index contributed by atoms with van der Waals surface area (Å²) >= 11 is 0. The minimum Gasteiger partial charge on any atom is -0.490 e. The summed E-state index contributed by atoms with van der Waals surface area (Å²) < 4.78 is 11.0. The van der Waals surface area contributed by atoms with Crippen LogP contribution in [0.3, 0.4) is 0 Å². The third-order valence-corrected chi connectivity index (χ3v) is 2.22. The second-order valence-corrected chi connectivity index (χ2v) is 3.40. The monoisotopic (exact) mass is 190 g/mol. The lowest BCUT2D eigenvalue weighted by Gasteiger charge is -2.04. The molecule has 0 amide bonds. The van der Waals surface area contributed by atoms with Gasteiger partial charge in [-0.25, -0.2) is 0 Å². The number of ether oxygens (including phenoxy) is 1. The largest absolute Gasteiger partial charge is 0.490 e. The van der Waals surface area contributed by atoms with Crippen LogP contribution in [-0.4, -0.2) is 6.61 Å². The molecular formula is C12H14O2. The van der Waals surface area contributed by atoms with Crippen LogP contribution < -0.4 is 4.74 Å². The predicted molar refractivity (Wildman–Crippen MR) is 56.7 cm³/mol. The number of aryl methyl sites for hydroxylation is 1. The number of hydrogen-bond acceptors (Lipinski definition) is 2. The molecule has 0 N–H and O–H groups in total. The molecule has 0 atom stereocenters. The Hall–Kier alpha value is -1.44. The van der Waals surface area contributed by atoms with Crippen molar-refractivity contribution < 1.29 is 9.15 Å². The summed E-state index contributed by atoms with van der Waals surface area (Å²) in [6, 6.07) is 5.99. The van der Waals surface area contributed by atoms with Crippen molar-refractivity contribution in [1.29, 1.82) is 0 Å². The number of fused-ring (bicyclic) bond motifs is 1. The highest BCUT2D eigenvalue weighted by molar-refractivity contribution is 5.85. The molecule has 14 heavy (non-hydrogen) atoms. The summed E-state index contributed by atoms with van der Waals surface area (Å²) in [5, 5.41) is 1.14. The lowest BCUT2D eigenvalue weighted by molar-refractivity contribution is 0.316. The SMILES string of the molecule is CCCOc1cccc2c(C)coc12. The van der Waals surface area contributed by atoms with Gasteiger partial charge in [0.15, 0.2) is 11.3 Å². The molecule has 74 valence electrons. The predicted octanol–water partition coefficient (Wildman–Crippen LogP) is 3.53. The highest BCUT2D eigenvalue weighted by Crippen LogP contribution is 2.29. The summed E-state index contributed by atoms with van der Waals surface area (Å²) in [7, 11) is 0. The van der Waals surface area contributed by atoms with Crippen LogP contribution in [-0.2, 0) is 0 Å². The molecule has 0 saturated carbocycles. The normalized spacial score (nSPS) is 10.7. The summed E-state index contributed by atoms with van der Waals surface area (Å²) in [5.41, 5.74) is 2.01. The molecule has 0 fully saturated rings. The Morgan fingerprint density at radius 2 is 2.21 bits per heavy atom. The second-order valence-electron chi connectivity index (χ2n) is 3.40. The van der Waals surface area contributed by atoms with E-state index in [9.17, 15) is 0 Å². The van der Waals surface area contributed by atoms with E-state index < -0.39 is 0 Å². The van der Waals surface area contributed by atoms with Gasteiger partial charge in [-0.05, 0) is 25.0 Å². The molecule has 2 rings (SSSR count). The molecule has 1 aromatic carbocycles. The molecule has 2 heteroatoms. The molecule has 0 radical (unpaired) electrons. The summed E-state index contributed by atoms with van der Waals surface area (Å²) in [5.74, 6) is 0.845. The summed E-state index contributed by atoms with van der Waals surface area (Å²) in [6.45, 7) is 4.86. The van der Waals surface area contributed by atoms with E-state index in [1.54, 1.807) is 6.26 Å². The number of hydrogen-bond donors (Lipinski definition) is 0. The first-order valence-corrected chi connectivity index (χ1v) is 4.92. The lowest BCUT2D eigenvalue weighted by atomic mass is 10.2. The Bertz CT molecular complexity index is 429. The standard InChI is InChI=1S/C12H14O2/c1-3-7-13-11-6-4-5-10-9(2)8-14-12(10)11/h4-6,8H,3,7H2,1-2H3. The van der Waals surface area contributed by atoms with Crippen molar-refractivity contribution in [3.05, 3.63) is 30.0 Å². The van der Waals surface area contributed by atoms with Gasteiger partial charge in [-0.2, -0.15) is 0 Å². The zero-order valence-corrected chi connectivity index (χ0v) is 8.54. The smallest absolute Gasteiger partial charge is 0.175 e. The number of para-hydroxylation sites is 1. The highest BCUT2D eigenvalue weighted by atomic mass is 16.5. The van der Waals surface area contributed by atoms with E-state index in [0.717, 1.165) is 35.3 Å². The zero-order chi connectivity index (χ0) is 9.97. The Labute approximate surface area is 83.5 Å². The molecule has 0 aliphatic rings. The van der Waals surface area contributed by atoms with Gasteiger partial charge >= 0.3 is 0 Å². The van der Waals surface area contributed by atoms with Crippen LogP contribution in [0.25, 0.3) is 11.0 Å². The molecule has 1 aromatic heterocycles. The van der Waals surface area contributed by atoms with E-state index in [-0.39, 0.29) is 0 Å². The van der Waals surface area contributed by atoms with Crippen molar-refractivity contribution in [2.24, 2.45) is 0 Å². The van der Waals surface area contributed by atoms with Crippen molar-refractivity contribution in [2.75, 3.05) is 6.61 Å². The van der Waals surface area contributed by atoms with Crippen LogP contribution in [0.15, 0.2) is 28.9 Å². The Kier molecular flexibility index (Phi) is 2.44. The molecule has 0 bridgehead atoms. The molecule has 0 aliphatic carbocycles. The summed E-state index contributed by atoms with van der Waals surface area (Å²) in [4.78, 5) is 0. The average Bonchev–Trinajstić information content (AvgIpc) is 2.58. The fourth-order valence-corrected chi connectivity index (χ4v) is 1.48. The van der Waals surface area contributed by atoms with E-state index in [1.165, 1.54) is 0 Å². The molecule has 0 aliphatic heterocycles. The van der Waals surface area contributed by atoms with Crippen LogP contribution in [0.4, 0.5) is 0 Å². The van der Waals surface area contributed by atoms with E-state index in [2.05, 4.69) is 6.92 Å². The topological polar surface area (TPSA) is 22.4 Å². The van der Waals surface area contributed by atoms with Crippen molar-refractivity contribution >= 4 is 11.0 Å². The van der Waals surface area contributed by atoms with Gasteiger partial charge in [-0.3, -0.25) is 0 Å². The molecular weight excluding hydrogens is 176 g/mol. The van der Waals surface area contributed by atoms with E-state index >= 15 is 0 Å². The first-order chi connectivity index (χ1) is 6.83. The maximum Gasteiger partial charge on any atom is 0.175 e. The molecule has 0 unspecified atom stereocenters. The first kappa shape index (κ1) is 9.13. The van der Waals surface area contributed by atoms with Crippen molar-refractivity contribution in [3.63, 3.8) is 0 Å². The maximum absolute atomic E-state index is 5.59. The fraction of sp³-hybridized carbons (Fsp3) is 0.333. The van der Waals surface area contributed by atoms with Crippen LogP contribution in [0.5, 0.6) is 5.75 Å². The van der Waals surface area contributed by atoms with E-state index in [1.807, 2.05) is 25.1 Å².